The van der Waals surface area contributed by atoms with Crippen molar-refractivity contribution in [2.24, 2.45) is 0 Å². The summed E-state index contributed by atoms with van der Waals surface area (Å²) in [6.07, 6.45) is 1.84. The minimum absolute atomic E-state index is 0.0566. The van der Waals surface area contributed by atoms with E-state index in [2.05, 4.69) is 10.6 Å². The molecule has 2 aromatic carbocycles. The van der Waals surface area contributed by atoms with Crippen LogP contribution in [0, 0.1) is 6.92 Å². The Morgan fingerprint density at radius 2 is 1.85 bits per heavy atom. The summed E-state index contributed by atoms with van der Waals surface area (Å²) in [5.74, 6) is 0. The van der Waals surface area contributed by atoms with Crippen molar-refractivity contribution in [1.82, 2.24) is 4.57 Å². The average molecular weight is 264 g/mol. The van der Waals surface area contributed by atoms with Gasteiger partial charge in [0.15, 0.2) is 5.43 Å². The van der Waals surface area contributed by atoms with E-state index in [0.29, 0.717) is 6.54 Å². The Balaban J connectivity index is 2.14. The van der Waals surface area contributed by atoms with Crippen LogP contribution in [0.4, 0.5) is 5.69 Å². The molecule has 20 heavy (non-hydrogen) atoms. The van der Waals surface area contributed by atoms with E-state index in [0.717, 1.165) is 22.2 Å². The number of hydrogen-bond donors (Lipinski definition) is 1. The van der Waals surface area contributed by atoms with Gasteiger partial charge in [-0.15, -0.1) is 0 Å². The Bertz CT molecular complexity index is 834. The van der Waals surface area contributed by atoms with Gasteiger partial charge in [-0.1, -0.05) is 24.3 Å². The molecule has 0 saturated heterocycles. The molecule has 1 heterocycles. The van der Waals surface area contributed by atoms with Crippen LogP contribution in [-0.2, 0) is 6.54 Å². The Labute approximate surface area is 117 Å². The van der Waals surface area contributed by atoms with Gasteiger partial charge < -0.3 is 10.3 Å². The van der Waals surface area contributed by atoms with Crippen molar-refractivity contribution in [2.45, 2.75) is 13.5 Å². The third-order valence-electron chi connectivity index (χ3n) is 3.71. The number of para-hydroxylation sites is 1. The van der Waals surface area contributed by atoms with E-state index < -0.39 is 0 Å². The van der Waals surface area contributed by atoms with Gasteiger partial charge in [-0.05, 0) is 36.2 Å². The van der Waals surface area contributed by atoms with Crippen molar-refractivity contribution in [1.29, 1.82) is 0 Å². The third kappa shape index (κ3) is 2.07. The number of aromatic nitrogens is 1. The van der Waals surface area contributed by atoms with Crippen molar-refractivity contribution in [2.75, 3.05) is 5.73 Å². The molecule has 0 saturated carbocycles. The van der Waals surface area contributed by atoms with Gasteiger partial charge in [-0.25, -0.2) is 0 Å². The Morgan fingerprint density at radius 1 is 1.05 bits per heavy atom. The molecule has 100 valence electrons. The maximum absolute atomic E-state index is 11.9. The van der Waals surface area contributed by atoms with Gasteiger partial charge in [0.2, 0.25) is 0 Å². The van der Waals surface area contributed by atoms with E-state index in [9.17, 15) is 4.79 Å². The molecule has 0 fully saturated rings. The van der Waals surface area contributed by atoms with Gasteiger partial charge in [0.05, 0.1) is 5.52 Å². The Morgan fingerprint density at radius 3 is 2.70 bits per heavy atom. The van der Waals surface area contributed by atoms with Crippen molar-refractivity contribution in [3.63, 3.8) is 0 Å². The third-order valence-corrected chi connectivity index (χ3v) is 3.71. The van der Waals surface area contributed by atoms with Crippen LogP contribution >= 0.6 is 0 Å². The van der Waals surface area contributed by atoms with Crippen LogP contribution < -0.4 is 11.2 Å². The molecule has 3 heteroatoms. The first-order chi connectivity index (χ1) is 9.66. The number of pyridine rings is 1. The SMILES string of the molecule is Cc1c(N)cccc1Cn1ccc(=O)c2ccccc21. The molecule has 1 aromatic heterocycles. The fourth-order valence-electron chi connectivity index (χ4n) is 2.46. The standard InChI is InChI=1S/C17H16N2O/c1-12-13(5-4-7-15(12)18)11-19-10-9-17(20)14-6-2-3-8-16(14)19/h2-10H,11,18H2,1H3. The summed E-state index contributed by atoms with van der Waals surface area (Å²) in [6.45, 7) is 2.73. The van der Waals surface area contributed by atoms with Gasteiger partial charge in [-0.2, -0.15) is 0 Å². The summed E-state index contributed by atoms with van der Waals surface area (Å²) in [4.78, 5) is 11.9. The molecular formula is C17H16N2O. The van der Waals surface area contributed by atoms with Crippen LogP contribution in [0.15, 0.2) is 59.5 Å². The normalized spacial score (nSPS) is 10.8. The molecule has 0 aliphatic heterocycles. The van der Waals surface area contributed by atoms with Gasteiger partial charge in [0.25, 0.3) is 0 Å². The number of nitrogens with two attached hydrogens (primary N) is 1. The summed E-state index contributed by atoms with van der Waals surface area (Å²) in [5.41, 5.74) is 10.0. The fraction of sp³-hybridized carbons (Fsp3) is 0.118. The van der Waals surface area contributed by atoms with Crippen molar-refractivity contribution >= 4 is 16.6 Å². The topological polar surface area (TPSA) is 48.0 Å². The lowest BCUT2D eigenvalue weighted by atomic mass is 10.1. The van der Waals surface area contributed by atoms with Crippen molar-refractivity contribution < 1.29 is 0 Å². The molecule has 0 radical (unpaired) electrons. The number of benzene rings is 2. The van der Waals surface area contributed by atoms with Crippen molar-refractivity contribution in [3.8, 4) is 0 Å². The molecular weight excluding hydrogens is 248 g/mol. The van der Waals surface area contributed by atoms with Gasteiger partial charge >= 0.3 is 0 Å². The minimum atomic E-state index is 0.0566. The first kappa shape index (κ1) is 12.5. The van der Waals surface area contributed by atoms with Crippen LogP contribution in [0.2, 0.25) is 0 Å². The number of fused-ring (bicyclic) bond motifs is 1. The zero-order valence-corrected chi connectivity index (χ0v) is 11.3. The second-order valence-corrected chi connectivity index (χ2v) is 4.96. The lowest BCUT2D eigenvalue weighted by Crippen LogP contribution is -2.09. The number of rotatable bonds is 2. The second-order valence-electron chi connectivity index (χ2n) is 4.96. The Kier molecular flexibility index (Phi) is 3.03. The second kappa shape index (κ2) is 4.85. The summed E-state index contributed by atoms with van der Waals surface area (Å²) in [7, 11) is 0. The van der Waals surface area contributed by atoms with E-state index in [-0.39, 0.29) is 5.43 Å². The van der Waals surface area contributed by atoms with Crippen molar-refractivity contribution in [3.05, 3.63) is 76.1 Å². The summed E-state index contributed by atoms with van der Waals surface area (Å²) >= 11 is 0. The number of hydrogen-bond acceptors (Lipinski definition) is 2. The maximum atomic E-state index is 11.9. The molecule has 0 bridgehead atoms. The number of anilines is 1. The van der Waals surface area contributed by atoms with E-state index in [1.165, 1.54) is 5.56 Å². The zero-order chi connectivity index (χ0) is 14.1. The zero-order valence-electron chi connectivity index (χ0n) is 11.3. The first-order valence-electron chi connectivity index (χ1n) is 6.59. The first-order valence-corrected chi connectivity index (χ1v) is 6.59. The van der Waals surface area contributed by atoms with Crippen LogP contribution in [-0.4, -0.2) is 4.57 Å². The molecule has 0 aliphatic carbocycles. The highest BCUT2D eigenvalue weighted by Crippen LogP contribution is 2.18. The average Bonchev–Trinajstić information content (AvgIpc) is 2.47. The van der Waals surface area contributed by atoms with E-state index in [4.69, 9.17) is 5.73 Å². The molecule has 3 rings (SSSR count). The molecule has 3 nitrogen and oxygen atoms in total. The van der Waals surface area contributed by atoms with Gasteiger partial charge in [-0.3, -0.25) is 4.79 Å². The van der Waals surface area contributed by atoms with E-state index >= 15 is 0 Å². The Hall–Kier alpha value is -2.55. The van der Waals surface area contributed by atoms with Gasteiger partial charge in [0, 0.05) is 29.9 Å². The quantitative estimate of drug-likeness (QED) is 0.723. The lowest BCUT2D eigenvalue weighted by Gasteiger charge is -2.13. The summed E-state index contributed by atoms with van der Waals surface area (Å²) in [5, 5.41) is 0.747. The molecule has 0 atom stereocenters. The van der Waals surface area contributed by atoms with E-state index in [1.54, 1.807) is 6.07 Å². The van der Waals surface area contributed by atoms with Crippen LogP contribution in [0.3, 0.4) is 0 Å². The number of nitrogens with zero attached hydrogens (tertiary/aromatic N) is 1. The largest absolute Gasteiger partial charge is 0.399 e. The highest BCUT2D eigenvalue weighted by Gasteiger charge is 2.05. The molecule has 0 amide bonds. The molecule has 0 unspecified atom stereocenters. The number of nitrogen functional groups attached to an aromatic ring is 1. The molecule has 2 N–H and O–H groups in total. The smallest absolute Gasteiger partial charge is 0.189 e. The van der Waals surface area contributed by atoms with E-state index in [1.807, 2.05) is 49.5 Å². The fourth-order valence-corrected chi connectivity index (χ4v) is 2.46. The molecule has 0 aliphatic rings. The van der Waals surface area contributed by atoms with Crippen LogP contribution in [0.1, 0.15) is 11.1 Å². The van der Waals surface area contributed by atoms with Gasteiger partial charge in [0.1, 0.15) is 0 Å². The van der Waals surface area contributed by atoms with Crippen LogP contribution in [0.5, 0.6) is 0 Å². The lowest BCUT2D eigenvalue weighted by molar-refractivity contribution is 0.820. The minimum Gasteiger partial charge on any atom is -0.399 e. The highest BCUT2D eigenvalue weighted by molar-refractivity contribution is 5.78. The maximum Gasteiger partial charge on any atom is 0.189 e. The monoisotopic (exact) mass is 264 g/mol. The summed E-state index contributed by atoms with van der Waals surface area (Å²) < 4.78 is 2.08. The van der Waals surface area contributed by atoms with Crippen LogP contribution in [0.25, 0.3) is 10.9 Å². The highest BCUT2D eigenvalue weighted by atomic mass is 16.1. The molecule has 0 spiro atoms. The predicted molar refractivity (Wildman–Crippen MR) is 82.9 cm³/mol. The predicted octanol–water partition coefficient (Wildman–Crippen LogP) is 2.94. The summed E-state index contributed by atoms with van der Waals surface area (Å²) in [6, 6.07) is 15.2. The molecule has 3 aromatic rings.